The first-order chi connectivity index (χ1) is 12.3. The zero-order valence-corrected chi connectivity index (χ0v) is 17.0. The number of aryl methyl sites for hydroxylation is 2. The van der Waals surface area contributed by atoms with Crippen molar-refractivity contribution in [1.29, 1.82) is 0 Å². The highest BCUT2D eigenvalue weighted by Gasteiger charge is 2.16. The van der Waals surface area contributed by atoms with Crippen LogP contribution in [-0.4, -0.2) is 21.6 Å². The Balaban J connectivity index is 2.17. The van der Waals surface area contributed by atoms with Crippen LogP contribution < -0.4 is 5.32 Å². The van der Waals surface area contributed by atoms with Crippen molar-refractivity contribution in [2.75, 3.05) is 12.4 Å². The molecule has 0 radical (unpaired) electrons. The Labute approximate surface area is 156 Å². The van der Waals surface area contributed by atoms with E-state index in [1.807, 2.05) is 7.05 Å². The minimum Gasteiger partial charge on any atom is -0.373 e. The molecule has 3 aromatic heterocycles. The Morgan fingerprint density at radius 1 is 1.04 bits per heavy atom. The van der Waals surface area contributed by atoms with Crippen LogP contribution in [0, 0.1) is 19.8 Å². The molecule has 0 bridgehead atoms. The Bertz CT molecular complexity index is 935. The average Bonchev–Trinajstić information content (AvgIpc) is 2.87. The van der Waals surface area contributed by atoms with E-state index in [4.69, 9.17) is 9.97 Å². The van der Waals surface area contributed by atoms with E-state index in [-0.39, 0.29) is 0 Å². The van der Waals surface area contributed by atoms with Gasteiger partial charge in [-0.05, 0) is 55.0 Å². The molecule has 0 atom stereocenters. The number of hydrogen-bond acceptors (Lipinski definition) is 3. The fourth-order valence-corrected chi connectivity index (χ4v) is 3.47. The van der Waals surface area contributed by atoms with Gasteiger partial charge in [0.2, 0.25) is 0 Å². The Hall–Kier alpha value is -2.36. The zero-order valence-electron chi connectivity index (χ0n) is 17.0. The summed E-state index contributed by atoms with van der Waals surface area (Å²) in [6.07, 6.45) is 2.22. The number of rotatable bonds is 5. The molecule has 4 heteroatoms. The van der Waals surface area contributed by atoms with E-state index in [0.717, 1.165) is 34.8 Å². The predicted octanol–water partition coefficient (Wildman–Crippen LogP) is 5.54. The van der Waals surface area contributed by atoms with Crippen molar-refractivity contribution in [3.8, 4) is 11.3 Å². The van der Waals surface area contributed by atoms with Crippen molar-refractivity contribution in [3.63, 3.8) is 0 Å². The molecular formula is C22H30N4. The Kier molecular flexibility index (Phi) is 5.03. The van der Waals surface area contributed by atoms with Crippen molar-refractivity contribution in [3.05, 3.63) is 41.2 Å². The van der Waals surface area contributed by atoms with Crippen molar-refractivity contribution in [1.82, 2.24) is 14.5 Å². The van der Waals surface area contributed by atoms with Crippen molar-refractivity contribution < 1.29 is 0 Å². The van der Waals surface area contributed by atoms with E-state index in [0.29, 0.717) is 11.8 Å². The molecule has 0 aliphatic heterocycles. The normalized spacial score (nSPS) is 11.7. The summed E-state index contributed by atoms with van der Waals surface area (Å²) < 4.78 is 2.33. The summed E-state index contributed by atoms with van der Waals surface area (Å²) in [6.45, 7) is 14.1. The van der Waals surface area contributed by atoms with Gasteiger partial charge in [-0.1, -0.05) is 27.7 Å². The van der Waals surface area contributed by atoms with Crippen LogP contribution in [-0.2, 0) is 6.54 Å². The maximum atomic E-state index is 5.05. The van der Waals surface area contributed by atoms with Crippen LogP contribution in [0.1, 0.15) is 50.4 Å². The zero-order chi connectivity index (χ0) is 19.0. The lowest BCUT2D eigenvalue weighted by molar-refractivity contribution is 0.535. The molecule has 138 valence electrons. The molecule has 0 saturated heterocycles. The molecule has 0 fully saturated rings. The van der Waals surface area contributed by atoms with Gasteiger partial charge >= 0.3 is 0 Å². The largest absolute Gasteiger partial charge is 0.373 e. The number of pyridine rings is 2. The van der Waals surface area contributed by atoms with E-state index in [1.165, 1.54) is 16.6 Å². The van der Waals surface area contributed by atoms with Gasteiger partial charge in [0.1, 0.15) is 5.82 Å². The molecule has 0 aromatic carbocycles. The van der Waals surface area contributed by atoms with E-state index in [1.54, 1.807) is 0 Å². The van der Waals surface area contributed by atoms with E-state index in [2.05, 4.69) is 75.8 Å². The molecule has 3 aromatic rings. The number of aromatic nitrogens is 3. The lowest BCUT2D eigenvalue weighted by atomic mass is 10.0. The molecule has 0 amide bonds. The fourth-order valence-electron chi connectivity index (χ4n) is 3.47. The summed E-state index contributed by atoms with van der Waals surface area (Å²) in [4.78, 5) is 9.85. The summed E-state index contributed by atoms with van der Waals surface area (Å²) in [7, 11) is 1.92. The number of nitrogens with one attached hydrogen (secondary N) is 1. The minimum absolute atomic E-state index is 0.403. The first-order valence-electron chi connectivity index (χ1n) is 9.48. The minimum atomic E-state index is 0.403. The lowest BCUT2D eigenvalue weighted by Crippen LogP contribution is -2.04. The molecule has 1 N–H and O–H groups in total. The van der Waals surface area contributed by atoms with Gasteiger partial charge in [-0.2, -0.15) is 0 Å². The lowest BCUT2D eigenvalue weighted by Gasteiger charge is -2.14. The third kappa shape index (κ3) is 3.33. The number of hydrogen-bond donors (Lipinski definition) is 1. The summed E-state index contributed by atoms with van der Waals surface area (Å²) in [5, 5.41) is 3.25. The molecular weight excluding hydrogens is 320 g/mol. The van der Waals surface area contributed by atoms with Gasteiger partial charge in [-0.25, -0.2) is 9.97 Å². The van der Waals surface area contributed by atoms with Crippen molar-refractivity contribution >= 4 is 16.9 Å². The van der Waals surface area contributed by atoms with Crippen LogP contribution in [0.5, 0.6) is 0 Å². The van der Waals surface area contributed by atoms with Gasteiger partial charge in [-0.3, -0.25) is 0 Å². The standard InChI is InChI=1S/C22H30N4/c1-13(2)11-26-12-16(6)21-19(26)10-15(5)20(25-21)17-8-9-18(14(3)4)24-22(17)23-7/h8-10,12-14H,11H2,1-7H3,(H,23,24). The topological polar surface area (TPSA) is 42.7 Å². The predicted molar refractivity (Wildman–Crippen MR) is 111 cm³/mol. The number of nitrogens with zero attached hydrogens (tertiary/aromatic N) is 3. The summed E-state index contributed by atoms with van der Waals surface area (Å²) in [5.74, 6) is 1.90. The van der Waals surface area contributed by atoms with Crippen LogP contribution in [0.4, 0.5) is 5.82 Å². The second kappa shape index (κ2) is 7.10. The van der Waals surface area contributed by atoms with Crippen LogP contribution in [0.25, 0.3) is 22.3 Å². The van der Waals surface area contributed by atoms with Crippen LogP contribution in [0.2, 0.25) is 0 Å². The Morgan fingerprint density at radius 3 is 2.38 bits per heavy atom. The average molecular weight is 351 g/mol. The highest BCUT2D eigenvalue weighted by atomic mass is 15.0. The molecule has 3 heterocycles. The molecule has 0 saturated carbocycles. The summed E-state index contributed by atoms with van der Waals surface area (Å²) >= 11 is 0. The number of anilines is 1. The fraction of sp³-hybridized carbons (Fsp3) is 0.455. The van der Waals surface area contributed by atoms with E-state index in [9.17, 15) is 0 Å². The van der Waals surface area contributed by atoms with Gasteiger partial charge in [0.05, 0.1) is 16.7 Å². The van der Waals surface area contributed by atoms with Crippen LogP contribution in [0.3, 0.4) is 0 Å². The molecule has 4 nitrogen and oxygen atoms in total. The second-order valence-electron chi connectivity index (χ2n) is 7.92. The van der Waals surface area contributed by atoms with Gasteiger partial charge < -0.3 is 9.88 Å². The smallest absolute Gasteiger partial charge is 0.135 e. The van der Waals surface area contributed by atoms with Crippen molar-refractivity contribution in [2.24, 2.45) is 5.92 Å². The maximum absolute atomic E-state index is 5.05. The van der Waals surface area contributed by atoms with Crippen LogP contribution >= 0.6 is 0 Å². The summed E-state index contributed by atoms with van der Waals surface area (Å²) in [5.41, 5.74) is 7.87. The molecule has 0 aliphatic carbocycles. The monoisotopic (exact) mass is 350 g/mol. The highest BCUT2D eigenvalue weighted by Crippen LogP contribution is 2.32. The van der Waals surface area contributed by atoms with Gasteiger partial charge in [0.25, 0.3) is 0 Å². The Morgan fingerprint density at radius 2 is 1.77 bits per heavy atom. The first kappa shape index (κ1) is 18.4. The molecule has 0 aliphatic rings. The van der Waals surface area contributed by atoms with Crippen molar-refractivity contribution in [2.45, 2.75) is 54.0 Å². The van der Waals surface area contributed by atoms with E-state index < -0.39 is 0 Å². The first-order valence-corrected chi connectivity index (χ1v) is 9.48. The maximum Gasteiger partial charge on any atom is 0.135 e. The third-order valence-corrected chi connectivity index (χ3v) is 4.79. The molecule has 0 spiro atoms. The SMILES string of the molecule is CNc1nc(C(C)C)ccc1-c1nc2c(C)cn(CC(C)C)c2cc1C. The second-order valence-corrected chi connectivity index (χ2v) is 7.92. The quantitative estimate of drug-likeness (QED) is 0.657. The van der Waals surface area contributed by atoms with Crippen LogP contribution in [0.15, 0.2) is 24.4 Å². The van der Waals surface area contributed by atoms with E-state index >= 15 is 0 Å². The molecule has 26 heavy (non-hydrogen) atoms. The van der Waals surface area contributed by atoms with Gasteiger partial charge in [0, 0.05) is 31.0 Å². The highest BCUT2D eigenvalue weighted by molar-refractivity contribution is 5.86. The van der Waals surface area contributed by atoms with Gasteiger partial charge in [0.15, 0.2) is 0 Å². The molecule has 0 unspecified atom stereocenters. The summed E-state index contributed by atoms with van der Waals surface area (Å²) in [6, 6.07) is 6.53. The number of fused-ring (bicyclic) bond motifs is 1. The molecule has 3 rings (SSSR count). The third-order valence-electron chi connectivity index (χ3n) is 4.79. The van der Waals surface area contributed by atoms with Gasteiger partial charge in [-0.15, -0.1) is 0 Å².